The molecule has 11 aromatic rings. The van der Waals surface area contributed by atoms with Gasteiger partial charge in [0.1, 0.15) is 0 Å². The lowest BCUT2D eigenvalue weighted by Gasteiger charge is -2.44. The van der Waals surface area contributed by atoms with Gasteiger partial charge in [-0.3, -0.25) is 0 Å². The van der Waals surface area contributed by atoms with Crippen LogP contribution in [0.1, 0.15) is 108 Å². The van der Waals surface area contributed by atoms with Gasteiger partial charge in [0.15, 0.2) is 0 Å². The molecule has 2 nitrogen and oxygen atoms in total. The number of thiophene rings is 1. The van der Waals surface area contributed by atoms with E-state index in [4.69, 9.17) is 0 Å². The Bertz CT molecular complexity index is 4450. The summed E-state index contributed by atoms with van der Waals surface area (Å²) < 4.78 is 1.40. The maximum atomic E-state index is 2.70. The maximum absolute atomic E-state index is 2.70. The molecule has 17 rings (SSSR count). The molecule has 4 aliphatic carbocycles. The highest BCUT2D eigenvalue weighted by molar-refractivity contribution is 7.30. The smallest absolute Gasteiger partial charge is 0.264 e. The molecule has 2 spiro atoms. The summed E-state index contributed by atoms with van der Waals surface area (Å²) in [5.74, 6) is 0. The Balaban J connectivity index is 1.03. The average molecular weight is 1040 g/mol. The minimum Gasteiger partial charge on any atom is -0.311 e. The molecular formula is C76H59BN2S. The molecule has 4 heteroatoms. The van der Waals surface area contributed by atoms with E-state index < -0.39 is 10.8 Å². The van der Waals surface area contributed by atoms with Crippen LogP contribution in [0.5, 0.6) is 0 Å². The van der Waals surface area contributed by atoms with Crippen molar-refractivity contribution in [2.75, 3.05) is 9.80 Å². The standard InChI is InChI=1S/C76H59BN2S/c1-44-29-34-48(35-30-44)78-65-43-63-56(54-23-13-16-26-59(54)75(63)57-24-14-9-19-50(57)51-20-10-15-25-58(51)75)42-64(65)77-69-66(78)39-45(2)40-67(69)79(49-36-31-46(32-37-49)73(3,4)5)70-68-55-38-33-47(74(6,7)8)41-62(55)76(71(68)80-72(70)77)60-27-17-11-21-52(60)53-22-12-18-28-61(53)76/h9-43H,1-8H3. The average Bonchev–Trinajstić information content (AvgIpc) is 4.40. The third-order valence-corrected chi connectivity index (χ3v) is 20.6. The highest BCUT2D eigenvalue weighted by atomic mass is 32.1. The molecule has 382 valence electrons. The lowest BCUT2D eigenvalue weighted by molar-refractivity contribution is 0.588. The van der Waals surface area contributed by atoms with Gasteiger partial charge < -0.3 is 9.80 Å². The summed E-state index contributed by atoms with van der Waals surface area (Å²) in [6.45, 7) is 18.5. The van der Waals surface area contributed by atoms with Gasteiger partial charge >= 0.3 is 0 Å². The van der Waals surface area contributed by atoms with Gasteiger partial charge in [0.05, 0.1) is 16.5 Å². The zero-order valence-electron chi connectivity index (χ0n) is 46.6. The Morgan fingerprint density at radius 1 is 0.375 bits per heavy atom. The Morgan fingerprint density at radius 3 is 1.36 bits per heavy atom. The summed E-state index contributed by atoms with van der Waals surface area (Å²) in [6.07, 6.45) is 0. The molecule has 1 aromatic heterocycles. The van der Waals surface area contributed by atoms with Crippen molar-refractivity contribution in [2.45, 2.75) is 77.0 Å². The number of nitrogens with zero attached hydrogens (tertiary/aromatic N) is 2. The van der Waals surface area contributed by atoms with Gasteiger partial charge in [0.2, 0.25) is 0 Å². The molecule has 0 fully saturated rings. The minimum absolute atomic E-state index is 0.000508. The van der Waals surface area contributed by atoms with Crippen molar-refractivity contribution in [1.82, 2.24) is 0 Å². The van der Waals surface area contributed by atoms with Crippen LogP contribution in [0, 0.1) is 13.8 Å². The first-order valence-electron chi connectivity index (χ1n) is 28.7. The molecule has 2 aliphatic heterocycles. The second-order valence-corrected chi connectivity index (χ2v) is 26.7. The van der Waals surface area contributed by atoms with Crippen LogP contribution in [-0.2, 0) is 21.7 Å². The van der Waals surface area contributed by atoms with Crippen LogP contribution < -0.4 is 25.5 Å². The van der Waals surface area contributed by atoms with Crippen molar-refractivity contribution in [3.63, 3.8) is 0 Å². The minimum atomic E-state index is -0.522. The number of hydrogen-bond donors (Lipinski definition) is 0. The highest BCUT2D eigenvalue weighted by Gasteiger charge is 2.58. The van der Waals surface area contributed by atoms with Crippen LogP contribution >= 0.6 is 11.3 Å². The van der Waals surface area contributed by atoms with Crippen LogP contribution in [-0.4, -0.2) is 6.71 Å². The van der Waals surface area contributed by atoms with E-state index in [-0.39, 0.29) is 17.5 Å². The van der Waals surface area contributed by atoms with E-state index in [9.17, 15) is 0 Å². The largest absolute Gasteiger partial charge is 0.311 e. The van der Waals surface area contributed by atoms with Crippen LogP contribution in [0.4, 0.5) is 34.1 Å². The van der Waals surface area contributed by atoms with Gasteiger partial charge in [-0.15, -0.1) is 11.3 Å². The number of aryl methyl sites for hydroxylation is 2. The van der Waals surface area contributed by atoms with Crippen LogP contribution in [0.3, 0.4) is 0 Å². The zero-order chi connectivity index (χ0) is 53.9. The summed E-state index contributed by atoms with van der Waals surface area (Å²) in [4.78, 5) is 6.77. The molecule has 10 aromatic carbocycles. The van der Waals surface area contributed by atoms with Crippen LogP contribution in [0.25, 0.3) is 44.5 Å². The summed E-state index contributed by atoms with van der Waals surface area (Å²) in [7, 11) is 0. The zero-order valence-corrected chi connectivity index (χ0v) is 47.4. The number of rotatable bonds is 2. The maximum Gasteiger partial charge on any atom is 0.264 e. The van der Waals surface area contributed by atoms with Crippen molar-refractivity contribution < 1.29 is 0 Å². The summed E-state index contributed by atoms with van der Waals surface area (Å²) in [5, 5.41) is 0. The Kier molecular flexibility index (Phi) is 9.11. The lowest BCUT2D eigenvalue weighted by atomic mass is 9.36. The van der Waals surface area contributed by atoms with E-state index in [0.29, 0.717) is 0 Å². The quantitative estimate of drug-likeness (QED) is 0.159. The molecule has 0 radical (unpaired) electrons. The van der Waals surface area contributed by atoms with E-state index in [1.807, 2.05) is 0 Å². The molecule has 0 saturated heterocycles. The van der Waals surface area contributed by atoms with Crippen molar-refractivity contribution in [3.8, 4) is 44.5 Å². The predicted molar refractivity (Wildman–Crippen MR) is 338 cm³/mol. The molecule has 0 N–H and O–H groups in total. The fourth-order valence-corrected chi connectivity index (χ4v) is 17.5. The third-order valence-electron chi connectivity index (χ3n) is 19.3. The van der Waals surface area contributed by atoms with Gasteiger partial charge in [0.25, 0.3) is 6.71 Å². The summed E-state index contributed by atoms with van der Waals surface area (Å²) in [6, 6.07) is 83.2. The molecule has 3 heterocycles. The summed E-state index contributed by atoms with van der Waals surface area (Å²) in [5.41, 5.74) is 34.5. The molecule has 0 saturated carbocycles. The molecule has 6 aliphatic rings. The SMILES string of the molecule is Cc1ccc(N2c3cc4c(cc3B3c5sc6c(c5N(c5ccc(C(C)(C)C)cc5)c5cc(C)cc2c53)-c2ccc(C(C)(C)C)cc2C62c3ccccc3-c3ccccc32)-c2ccccc2C42c3ccccc3-c3ccccc32)cc1. The first kappa shape index (κ1) is 46.5. The van der Waals surface area contributed by atoms with Gasteiger partial charge in [0, 0.05) is 43.7 Å². The Morgan fingerprint density at radius 2 is 0.825 bits per heavy atom. The fraction of sp³-hybridized carbons (Fsp3) is 0.158. The van der Waals surface area contributed by atoms with Crippen molar-refractivity contribution in [1.29, 1.82) is 0 Å². The first-order chi connectivity index (χ1) is 38.8. The van der Waals surface area contributed by atoms with Gasteiger partial charge in [-0.1, -0.05) is 217 Å². The normalized spacial score (nSPS) is 15.4. The molecule has 0 unspecified atom stereocenters. The van der Waals surface area contributed by atoms with E-state index in [2.05, 4.69) is 289 Å². The number of benzene rings is 10. The number of hydrogen-bond acceptors (Lipinski definition) is 3. The highest BCUT2D eigenvalue weighted by Crippen LogP contribution is 2.68. The molecular weight excluding hydrogens is 984 g/mol. The third kappa shape index (κ3) is 5.70. The van der Waals surface area contributed by atoms with Crippen LogP contribution in [0.15, 0.2) is 212 Å². The molecule has 0 atom stereocenters. The van der Waals surface area contributed by atoms with E-state index in [1.54, 1.807) is 0 Å². The van der Waals surface area contributed by atoms with E-state index in [0.717, 1.165) is 0 Å². The second kappa shape index (κ2) is 15.7. The first-order valence-corrected chi connectivity index (χ1v) is 29.5. The van der Waals surface area contributed by atoms with Crippen LogP contribution in [0.2, 0.25) is 0 Å². The van der Waals surface area contributed by atoms with E-state index in [1.165, 1.54) is 160 Å². The summed E-state index contributed by atoms with van der Waals surface area (Å²) >= 11 is 2.09. The fourth-order valence-electron chi connectivity index (χ4n) is 15.8. The topological polar surface area (TPSA) is 6.48 Å². The lowest BCUT2D eigenvalue weighted by Crippen LogP contribution is -2.60. The Hall–Kier alpha value is -8.44. The second-order valence-electron chi connectivity index (χ2n) is 25.7. The van der Waals surface area contributed by atoms with Crippen molar-refractivity contribution in [2.24, 2.45) is 0 Å². The van der Waals surface area contributed by atoms with Gasteiger partial charge in [-0.25, -0.2) is 0 Å². The predicted octanol–water partition coefficient (Wildman–Crippen LogP) is 17.7. The van der Waals surface area contributed by atoms with E-state index >= 15 is 0 Å². The Labute approximate surface area is 474 Å². The number of fused-ring (bicyclic) bond motifs is 25. The van der Waals surface area contributed by atoms with Crippen molar-refractivity contribution in [3.05, 3.63) is 278 Å². The van der Waals surface area contributed by atoms with Gasteiger partial charge in [-0.05, 0) is 173 Å². The monoisotopic (exact) mass is 1040 g/mol. The van der Waals surface area contributed by atoms with Gasteiger partial charge in [-0.2, -0.15) is 0 Å². The number of anilines is 6. The van der Waals surface area contributed by atoms with Crippen molar-refractivity contribution >= 4 is 67.9 Å². The molecule has 0 amide bonds. The molecule has 80 heavy (non-hydrogen) atoms. The molecule has 0 bridgehead atoms.